The Kier molecular flexibility index (Phi) is 5.28. The molecule has 0 saturated carbocycles. The maximum Gasteiger partial charge on any atom is 0.0594 e. The Morgan fingerprint density at radius 3 is 2.95 bits per heavy atom. The highest BCUT2D eigenvalue weighted by atomic mass is 16.5. The predicted octanol–water partition coefficient (Wildman–Crippen LogP) is 2.42. The van der Waals surface area contributed by atoms with Gasteiger partial charge in [0.05, 0.1) is 13.2 Å². The molecule has 2 aliphatic rings. The Labute approximate surface area is 128 Å². The van der Waals surface area contributed by atoms with Crippen LogP contribution >= 0.6 is 0 Å². The molecular formula is C18H28N2O. The van der Waals surface area contributed by atoms with Crippen LogP contribution in [0.2, 0.25) is 0 Å². The molecule has 1 fully saturated rings. The standard InChI is InChI=1S/C18H28N2O/c1-15(14-20-9-11-21-12-10-20)19-13-17-7-4-6-16-5-2-3-8-18(16)17/h2-3,5,8,15,17,19H,4,6-7,9-14H2,1H3. The maximum atomic E-state index is 5.41. The number of hydrogen-bond donors (Lipinski definition) is 1. The molecule has 1 aliphatic carbocycles. The number of hydrogen-bond acceptors (Lipinski definition) is 3. The molecule has 1 aromatic carbocycles. The van der Waals surface area contributed by atoms with Crippen LogP contribution in [-0.4, -0.2) is 50.3 Å². The molecule has 1 saturated heterocycles. The summed E-state index contributed by atoms with van der Waals surface area (Å²) in [6.45, 7) is 8.51. The lowest BCUT2D eigenvalue weighted by Gasteiger charge is -2.31. The van der Waals surface area contributed by atoms with Crippen LogP contribution in [0.1, 0.15) is 36.8 Å². The maximum absolute atomic E-state index is 5.41. The molecule has 1 aromatic rings. The van der Waals surface area contributed by atoms with Crippen molar-refractivity contribution < 1.29 is 4.74 Å². The first-order valence-corrected chi connectivity index (χ1v) is 8.44. The quantitative estimate of drug-likeness (QED) is 0.900. The van der Waals surface area contributed by atoms with Crippen LogP contribution in [0.4, 0.5) is 0 Å². The van der Waals surface area contributed by atoms with Crippen LogP contribution in [0.15, 0.2) is 24.3 Å². The van der Waals surface area contributed by atoms with E-state index in [0.29, 0.717) is 12.0 Å². The second-order valence-electron chi connectivity index (χ2n) is 6.51. The Bertz CT molecular complexity index is 443. The minimum Gasteiger partial charge on any atom is -0.379 e. The van der Waals surface area contributed by atoms with Gasteiger partial charge in [0.25, 0.3) is 0 Å². The summed E-state index contributed by atoms with van der Waals surface area (Å²) in [6.07, 6.45) is 3.92. The van der Waals surface area contributed by atoms with Crippen molar-refractivity contribution in [2.75, 3.05) is 39.4 Å². The van der Waals surface area contributed by atoms with Crippen LogP contribution in [-0.2, 0) is 11.2 Å². The smallest absolute Gasteiger partial charge is 0.0594 e. The van der Waals surface area contributed by atoms with Crippen LogP contribution in [0.25, 0.3) is 0 Å². The van der Waals surface area contributed by atoms with Crippen LogP contribution in [0.3, 0.4) is 0 Å². The van der Waals surface area contributed by atoms with Crippen molar-refractivity contribution in [2.45, 2.75) is 38.1 Å². The number of fused-ring (bicyclic) bond motifs is 1. The van der Waals surface area contributed by atoms with E-state index in [1.165, 1.54) is 19.3 Å². The average molecular weight is 288 g/mol. The van der Waals surface area contributed by atoms with Gasteiger partial charge in [-0.05, 0) is 43.2 Å². The predicted molar refractivity (Wildman–Crippen MR) is 86.8 cm³/mol. The van der Waals surface area contributed by atoms with Crippen molar-refractivity contribution in [2.24, 2.45) is 0 Å². The van der Waals surface area contributed by atoms with Gasteiger partial charge in [0, 0.05) is 32.2 Å². The van der Waals surface area contributed by atoms with E-state index in [9.17, 15) is 0 Å². The van der Waals surface area contributed by atoms with Crippen molar-refractivity contribution in [3.8, 4) is 0 Å². The number of ether oxygens (including phenoxy) is 1. The number of morpholine rings is 1. The Morgan fingerprint density at radius 1 is 1.29 bits per heavy atom. The topological polar surface area (TPSA) is 24.5 Å². The minimum atomic E-state index is 0.553. The van der Waals surface area contributed by atoms with E-state index in [1.807, 2.05) is 0 Å². The van der Waals surface area contributed by atoms with Gasteiger partial charge in [-0.25, -0.2) is 0 Å². The second-order valence-corrected chi connectivity index (χ2v) is 6.51. The summed E-state index contributed by atoms with van der Waals surface area (Å²) < 4.78 is 5.41. The van der Waals surface area contributed by atoms with Crippen molar-refractivity contribution in [3.05, 3.63) is 35.4 Å². The van der Waals surface area contributed by atoms with Gasteiger partial charge in [-0.1, -0.05) is 24.3 Å². The molecule has 0 radical (unpaired) electrons. The minimum absolute atomic E-state index is 0.553. The third kappa shape index (κ3) is 4.06. The molecule has 21 heavy (non-hydrogen) atoms. The lowest BCUT2D eigenvalue weighted by molar-refractivity contribution is 0.0343. The van der Waals surface area contributed by atoms with Gasteiger partial charge in [-0.2, -0.15) is 0 Å². The van der Waals surface area contributed by atoms with E-state index >= 15 is 0 Å². The first-order valence-electron chi connectivity index (χ1n) is 8.44. The highest BCUT2D eigenvalue weighted by Crippen LogP contribution is 2.30. The van der Waals surface area contributed by atoms with Gasteiger partial charge in [-0.15, -0.1) is 0 Å². The van der Waals surface area contributed by atoms with Crippen molar-refractivity contribution >= 4 is 0 Å². The number of nitrogens with zero attached hydrogens (tertiary/aromatic N) is 1. The first kappa shape index (κ1) is 15.0. The molecule has 0 aromatic heterocycles. The molecule has 1 aliphatic heterocycles. The van der Waals surface area contributed by atoms with Crippen molar-refractivity contribution in [1.29, 1.82) is 0 Å². The zero-order valence-electron chi connectivity index (χ0n) is 13.2. The fourth-order valence-corrected chi connectivity index (χ4v) is 3.65. The number of benzene rings is 1. The van der Waals surface area contributed by atoms with Crippen molar-refractivity contribution in [3.63, 3.8) is 0 Å². The summed E-state index contributed by atoms with van der Waals surface area (Å²) >= 11 is 0. The van der Waals surface area contributed by atoms with Crippen LogP contribution in [0.5, 0.6) is 0 Å². The lowest BCUT2D eigenvalue weighted by Crippen LogP contribution is -2.45. The van der Waals surface area contributed by atoms with E-state index in [4.69, 9.17) is 4.74 Å². The molecule has 0 amide bonds. The van der Waals surface area contributed by atoms with E-state index in [2.05, 4.69) is 41.4 Å². The van der Waals surface area contributed by atoms with Crippen molar-refractivity contribution in [1.82, 2.24) is 10.2 Å². The second kappa shape index (κ2) is 7.39. The molecule has 0 bridgehead atoms. The normalized spacial score (nSPS) is 24.5. The number of nitrogens with one attached hydrogen (secondary N) is 1. The molecule has 1 heterocycles. The molecule has 1 N–H and O–H groups in total. The average Bonchev–Trinajstić information content (AvgIpc) is 2.54. The van der Waals surface area contributed by atoms with Gasteiger partial charge in [0.15, 0.2) is 0 Å². The molecule has 2 unspecified atom stereocenters. The zero-order chi connectivity index (χ0) is 14.5. The first-order chi connectivity index (χ1) is 10.3. The SMILES string of the molecule is CC(CN1CCOCC1)NCC1CCCc2ccccc21. The molecule has 2 atom stereocenters. The molecule has 3 nitrogen and oxygen atoms in total. The zero-order valence-corrected chi connectivity index (χ0v) is 13.2. The molecule has 0 spiro atoms. The molecule has 3 heteroatoms. The highest BCUT2D eigenvalue weighted by molar-refractivity contribution is 5.32. The van der Waals surface area contributed by atoms with Crippen LogP contribution < -0.4 is 5.32 Å². The van der Waals surface area contributed by atoms with Gasteiger partial charge < -0.3 is 10.1 Å². The summed E-state index contributed by atoms with van der Waals surface area (Å²) in [5, 5.41) is 3.76. The van der Waals surface area contributed by atoms with E-state index in [-0.39, 0.29) is 0 Å². The summed E-state index contributed by atoms with van der Waals surface area (Å²) in [5.41, 5.74) is 3.14. The molecular weight excluding hydrogens is 260 g/mol. The van der Waals surface area contributed by atoms with Gasteiger partial charge in [0.1, 0.15) is 0 Å². The number of aryl methyl sites for hydroxylation is 1. The Morgan fingerprint density at radius 2 is 2.10 bits per heavy atom. The third-order valence-corrected chi connectivity index (χ3v) is 4.84. The monoisotopic (exact) mass is 288 g/mol. The molecule has 116 valence electrons. The lowest BCUT2D eigenvalue weighted by atomic mass is 9.83. The third-order valence-electron chi connectivity index (χ3n) is 4.84. The highest BCUT2D eigenvalue weighted by Gasteiger charge is 2.20. The fraction of sp³-hybridized carbons (Fsp3) is 0.667. The van der Waals surface area contributed by atoms with Gasteiger partial charge in [-0.3, -0.25) is 4.90 Å². The van der Waals surface area contributed by atoms with E-state index in [0.717, 1.165) is 39.4 Å². The summed E-state index contributed by atoms with van der Waals surface area (Å²) in [6, 6.07) is 9.55. The van der Waals surface area contributed by atoms with E-state index in [1.54, 1.807) is 11.1 Å². The van der Waals surface area contributed by atoms with Gasteiger partial charge >= 0.3 is 0 Å². The Balaban J connectivity index is 1.49. The van der Waals surface area contributed by atoms with Gasteiger partial charge in [0.2, 0.25) is 0 Å². The summed E-state index contributed by atoms with van der Waals surface area (Å²) in [7, 11) is 0. The van der Waals surface area contributed by atoms with E-state index < -0.39 is 0 Å². The fourth-order valence-electron chi connectivity index (χ4n) is 3.65. The molecule has 3 rings (SSSR count). The number of rotatable bonds is 5. The Hall–Kier alpha value is -0.900. The largest absolute Gasteiger partial charge is 0.379 e. The summed E-state index contributed by atoms with van der Waals surface area (Å²) in [4.78, 5) is 2.51. The van der Waals surface area contributed by atoms with Crippen LogP contribution in [0, 0.1) is 0 Å². The summed E-state index contributed by atoms with van der Waals surface area (Å²) in [5.74, 6) is 0.696.